The molecule has 0 aromatic carbocycles. The summed E-state index contributed by atoms with van der Waals surface area (Å²) in [6, 6.07) is 0. The predicted octanol–water partition coefficient (Wildman–Crippen LogP) is 1.75. The van der Waals surface area contributed by atoms with Gasteiger partial charge in [0.25, 0.3) is 0 Å². The summed E-state index contributed by atoms with van der Waals surface area (Å²) in [5.41, 5.74) is 0. The Morgan fingerprint density at radius 3 is 2.52 bits per heavy atom. The van der Waals surface area contributed by atoms with E-state index >= 15 is 0 Å². The topological polar surface area (TPSA) is 72.9 Å². The molecule has 6 heteroatoms. The Morgan fingerprint density at radius 2 is 1.80 bits per heavy atom. The number of carbonyl (C=O) groups excluding carboxylic acids is 3. The fraction of sp³-hybridized carbons (Fsp3) is 0.842. The van der Waals surface area contributed by atoms with Gasteiger partial charge in [-0.3, -0.25) is 19.3 Å². The van der Waals surface area contributed by atoms with Crippen LogP contribution in [-0.2, 0) is 23.9 Å². The Labute approximate surface area is 149 Å². The Balaban J connectivity index is 1.44. The lowest BCUT2D eigenvalue weighted by molar-refractivity contribution is -0.147. The Bertz CT molecular complexity index is 494. The van der Waals surface area contributed by atoms with Crippen molar-refractivity contribution in [1.82, 2.24) is 4.90 Å². The van der Waals surface area contributed by atoms with Crippen LogP contribution in [0.5, 0.6) is 0 Å². The Kier molecular flexibility index (Phi) is 6.59. The number of cyclic esters (lactones) is 1. The van der Waals surface area contributed by atoms with E-state index in [0.717, 1.165) is 65.0 Å². The Morgan fingerprint density at radius 1 is 1.08 bits per heavy atom. The zero-order valence-corrected chi connectivity index (χ0v) is 14.9. The van der Waals surface area contributed by atoms with Gasteiger partial charge in [0.05, 0.1) is 13.2 Å². The molecule has 1 saturated carbocycles. The molecule has 3 aliphatic rings. The van der Waals surface area contributed by atoms with Crippen molar-refractivity contribution in [3.63, 3.8) is 0 Å². The van der Waals surface area contributed by atoms with Crippen LogP contribution < -0.4 is 0 Å². The predicted molar refractivity (Wildman–Crippen MR) is 91.1 cm³/mol. The second kappa shape index (κ2) is 8.90. The van der Waals surface area contributed by atoms with Crippen LogP contribution in [0, 0.1) is 11.8 Å². The van der Waals surface area contributed by atoms with Crippen molar-refractivity contribution >= 4 is 17.5 Å². The molecule has 3 fully saturated rings. The van der Waals surface area contributed by atoms with Gasteiger partial charge in [-0.15, -0.1) is 0 Å². The summed E-state index contributed by atoms with van der Waals surface area (Å²) < 4.78 is 10.5. The highest BCUT2D eigenvalue weighted by molar-refractivity contribution is 6.21. The molecule has 0 spiro atoms. The monoisotopic (exact) mass is 351 g/mol. The van der Waals surface area contributed by atoms with E-state index in [9.17, 15) is 14.4 Å². The van der Waals surface area contributed by atoms with Crippen molar-refractivity contribution in [3.8, 4) is 0 Å². The van der Waals surface area contributed by atoms with Gasteiger partial charge >= 0.3 is 5.97 Å². The van der Waals surface area contributed by atoms with Gasteiger partial charge in [0.1, 0.15) is 0 Å². The molecule has 6 nitrogen and oxygen atoms in total. The lowest BCUT2D eigenvalue weighted by atomic mass is 9.82. The summed E-state index contributed by atoms with van der Waals surface area (Å²) in [7, 11) is 0. The van der Waals surface area contributed by atoms with Crippen LogP contribution in [0.25, 0.3) is 0 Å². The van der Waals surface area contributed by atoms with Crippen LogP contribution in [0.15, 0.2) is 0 Å². The first-order valence-electron chi connectivity index (χ1n) is 9.72. The van der Waals surface area contributed by atoms with Crippen molar-refractivity contribution in [2.24, 2.45) is 11.8 Å². The van der Waals surface area contributed by atoms with Gasteiger partial charge in [0, 0.05) is 19.5 Å². The number of esters is 1. The van der Waals surface area contributed by atoms with Gasteiger partial charge in [0.15, 0.2) is 23.6 Å². The quantitative estimate of drug-likeness (QED) is 0.514. The first-order chi connectivity index (χ1) is 12.1. The summed E-state index contributed by atoms with van der Waals surface area (Å²) in [6.07, 6.45) is 6.49. The molecule has 2 atom stereocenters. The van der Waals surface area contributed by atoms with E-state index in [0.29, 0.717) is 18.8 Å². The SMILES string of the molecule is O=C(CC1CCCCC1)C1C(=O)OC(CCCN2CCOCC2)C1=O. The van der Waals surface area contributed by atoms with Crippen molar-refractivity contribution in [3.05, 3.63) is 0 Å². The van der Waals surface area contributed by atoms with Crippen molar-refractivity contribution in [2.75, 3.05) is 32.8 Å². The smallest absolute Gasteiger partial charge is 0.325 e. The molecule has 2 unspecified atom stereocenters. The van der Waals surface area contributed by atoms with Crippen molar-refractivity contribution < 1.29 is 23.9 Å². The van der Waals surface area contributed by atoms with E-state index < -0.39 is 18.0 Å². The van der Waals surface area contributed by atoms with Crippen molar-refractivity contribution in [2.45, 2.75) is 57.5 Å². The normalized spacial score (nSPS) is 29.0. The first-order valence-corrected chi connectivity index (χ1v) is 9.72. The van der Waals surface area contributed by atoms with E-state index in [1.165, 1.54) is 6.42 Å². The number of ether oxygens (including phenoxy) is 2. The number of carbonyl (C=O) groups is 3. The molecular formula is C19H29NO5. The maximum Gasteiger partial charge on any atom is 0.325 e. The van der Waals surface area contributed by atoms with Gasteiger partial charge in [0.2, 0.25) is 0 Å². The fourth-order valence-corrected chi connectivity index (χ4v) is 4.18. The van der Waals surface area contributed by atoms with Crippen LogP contribution in [-0.4, -0.2) is 61.4 Å². The molecule has 2 heterocycles. The van der Waals surface area contributed by atoms with Crippen LogP contribution in [0.4, 0.5) is 0 Å². The molecule has 2 saturated heterocycles. The van der Waals surface area contributed by atoms with E-state index in [-0.39, 0.29) is 11.6 Å². The summed E-state index contributed by atoms with van der Waals surface area (Å²) in [5, 5.41) is 0. The molecule has 140 valence electrons. The van der Waals surface area contributed by atoms with Crippen molar-refractivity contribution in [1.29, 1.82) is 0 Å². The van der Waals surface area contributed by atoms with Gasteiger partial charge in [-0.2, -0.15) is 0 Å². The zero-order chi connectivity index (χ0) is 17.6. The third kappa shape index (κ3) is 4.88. The lowest BCUT2D eigenvalue weighted by Crippen LogP contribution is -2.37. The molecule has 0 aromatic rings. The summed E-state index contributed by atoms with van der Waals surface area (Å²) in [6.45, 7) is 4.16. The van der Waals surface area contributed by atoms with Gasteiger partial charge in [-0.05, 0) is 25.3 Å². The molecular weight excluding hydrogens is 322 g/mol. The second-order valence-electron chi connectivity index (χ2n) is 7.53. The molecule has 0 radical (unpaired) electrons. The summed E-state index contributed by atoms with van der Waals surface area (Å²) >= 11 is 0. The highest BCUT2D eigenvalue weighted by atomic mass is 16.6. The number of nitrogens with zero attached hydrogens (tertiary/aromatic N) is 1. The molecule has 1 aliphatic carbocycles. The minimum absolute atomic E-state index is 0.224. The number of hydrogen-bond acceptors (Lipinski definition) is 6. The molecule has 0 aromatic heterocycles. The molecule has 2 aliphatic heterocycles. The lowest BCUT2D eigenvalue weighted by Gasteiger charge is -2.26. The molecule has 0 amide bonds. The van der Waals surface area contributed by atoms with E-state index in [1.54, 1.807) is 0 Å². The van der Waals surface area contributed by atoms with E-state index in [2.05, 4.69) is 4.90 Å². The van der Waals surface area contributed by atoms with Crippen LogP contribution in [0.1, 0.15) is 51.4 Å². The Hall–Kier alpha value is -1.27. The molecule has 3 rings (SSSR count). The van der Waals surface area contributed by atoms with Crippen LogP contribution in [0.3, 0.4) is 0 Å². The highest BCUT2D eigenvalue weighted by Crippen LogP contribution is 2.30. The van der Waals surface area contributed by atoms with Crippen LogP contribution in [0.2, 0.25) is 0 Å². The number of morpholine rings is 1. The van der Waals surface area contributed by atoms with E-state index in [4.69, 9.17) is 9.47 Å². The number of hydrogen-bond donors (Lipinski definition) is 0. The standard InChI is InChI=1S/C19H29NO5/c21-15(13-14-5-2-1-3-6-14)17-18(22)16(25-19(17)23)7-4-8-20-9-11-24-12-10-20/h14,16-17H,1-13H2. The zero-order valence-electron chi connectivity index (χ0n) is 14.9. The number of Topliss-reactive ketones (excluding diaryl/α,β-unsaturated/α-hetero) is 2. The van der Waals surface area contributed by atoms with Gasteiger partial charge < -0.3 is 9.47 Å². The molecule has 0 bridgehead atoms. The summed E-state index contributed by atoms with van der Waals surface area (Å²) in [5.74, 6) is -1.98. The summed E-state index contributed by atoms with van der Waals surface area (Å²) in [4.78, 5) is 39.3. The third-order valence-corrected chi connectivity index (χ3v) is 5.68. The van der Waals surface area contributed by atoms with Crippen LogP contribution >= 0.6 is 0 Å². The number of rotatable bonds is 7. The fourth-order valence-electron chi connectivity index (χ4n) is 4.18. The van der Waals surface area contributed by atoms with Gasteiger partial charge in [-0.25, -0.2) is 0 Å². The maximum atomic E-state index is 12.5. The first kappa shape index (κ1) is 18.5. The average Bonchev–Trinajstić information content (AvgIpc) is 2.90. The minimum atomic E-state index is -1.16. The molecule has 25 heavy (non-hydrogen) atoms. The average molecular weight is 351 g/mol. The largest absolute Gasteiger partial charge is 0.453 e. The highest BCUT2D eigenvalue weighted by Gasteiger charge is 2.47. The third-order valence-electron chi connectivity index (χ3n) is 5.68. The van der Waals surface area contributed by atoms with Gasteiger partial charge in [-0.1, -0.05) is 32.1 Å². The minimum Gasteiger partial charge on any atom is -0.453 e. The van der Waals surface area contributed by atoms with E-state index in [1.807, 2.05) is 0 Å². The maximum absolute atomic E-state index is 12.5. The molecule has 0 N–H and O–H groups in total. The second-order valence-corrected chi connectivity index (χ2v) is 7.53. The number of ketones is 2.